The van der Waals surface area contributed by atoms with Crippen molar-refractivity contribution in [1.29, 1.82) is 0 Å². The largest absolute Gasteiger partial charge is 0.310 e. The summed E-state index contributed by atoms with van der Waals surface area (Å²) in [6.07, 6.45) is 14.3. The van der Waals surface area contributed by atoms with Crippen LogP contribution in [0.2, 0.25) is 0 Å². The summed E-state index contributed by atoms with van der Waals surface area (Å²) < 4.78 is 0. The number of carbonyl (C=O) groups excluding carboxylic acids is 1. The van der Waals surface area contributed by atoms with Gasteiger partial charge in [-0.15, -0.1) is 24.9 Å². The van der Waals surface area contributed by atoms with Gasteiger partial charge in [-0.2, -0.15) is 0 Å². The van der Waals surface area contributed by atoms with Gasteiger partial charge >= 0.3 is 0 Å². The van der Waals surface area contributed by atoms with Crippen LogP contribution in [0.5, 0.6) is 0 Å². The topological polar surface area (TPSA) is 23.6 Å². The maximum Gasteiger partial charge on any atom is 0.264 e. The van der Waals surface area contributed by atoms with Crippen LogP contribution in [0.25, 0.3) is 0 Å². The van der Waals surface area contributed by atoms with E-state index >= 15 is 0 Å². The maximum absolute atomic E-state index is 12.7. The summed E-state index contributed by atoms with van der Waals surface area (Å²) in [6.45, 7) is 20.5. The van der Waals surface area contributed by atoms with Gasteiger partial charge in [-0.3, -0.25) is 4.79 Å². The van der Waals surface area contributed by atoms with Crippen molar-refractivity contribution in [3.63, 3.8) is 0 Å². The zero-order valence-electron chi connectivity index (χ0n) is 20.3. The van der Waals surface area contributed by atoms with E-state index in [-0.39, 0.29) is 11.3 Å². The van der Waals surface area contributed by atoms with Gasteiger partial charge in [0.1, 0.15) is 0 Å². The van der Waals surface area contributed by atoms with Crippen LogP contribution in [-0.2, 0) is 4.79 Å². The Balaban J connectivity index is 0. The van der Waals surface area contributed by atoms with Gasteiger partial charge in [0.05, 0.1) is 4.91 Å². The Kier molecular flexibility index (Phi) is 16.7. The van der Waals surface area contributed by atoms with Crippen LogP contribution < -0.4 is 0 Å². The van der Waals surface area contributed by atoms with E-state index in [1.54, 1.807) is 0 Å². The summed E-state index contributed by atoms with van der Waals surface area (Å²) in [5.74, 6) is 0.135. The second-order valence-electron chi connectivity index (χ2n) is 6.91. The van der Waals surface area contributed by atoms with Crippen molar-refractivity contribution in [2.45, 2.75) is 54.4 Å². The first-order valence-electron chi connectivity index (χ1n) is 10.6. The number of thioether (sulfide) groups is 1. The number of hydrogen-bond acceptors (Lipinski definition) is 3. The van der Waals surface area contributed by atoms with Gasteiger partial charge in [0, 0.05) is 17.7 Å². The molecule has 0 saturated carbocycles. The summed E-state index contributed by atoms with van der Waals surface area (Å²) in [5.41, 5.74) is 2.61. The van der Waals surface area contributed by atoms with E-state index in [2.05, 4.69) is 71.2 Å². The molecule has 0 N–H and O–H groups in total. The normalized spacial score (nSPS) is 19.9. The number of allylic oxidation sites excluding steroid dienone is 5. The van der Waals surface area contributed by atoms with E-state index in [4.69, 9.17) is 0 Å². The Morgan fingerprint density at radius 1 is 1.28 bits per heavy atom. The lowest BCUT2D eigenvalue weighted by molar-refractivity contribution is -0.124. The highest BCUT2D eigenvalue weighted by Crippen LogP contribution is 2.45. The monoisotopic (exact) mass is 420 g/mol. The maximum atomic E-state index is 12.7. The number of rotatable bonds is 4. The highest BCUT2D eigenvalue weighted by atomic mass is 32.2. The second-order valence-corrected chi connectivity index (χ2v) is 7.76. The predicted octanol–water partition coefficient (Wildman–Crippen LogP) is 6.68. The minimum atomic E-state index is 0.0985. The molecule has 1 aliphatic heterocycles. The molecule has 1 aliphatic carbocycles. The SMILES string of the molecule is C/C=C(\SC)C(=O)N1CC(C)(CC)C2=C1C=CC=CC2.C=C.CC.CCN(C)C. The average Bonchev–Trinajstić information content (AvgIpc) is 2.90. The quantitative estimate of drug-likeness (QED) is 0.374. The molecule has 0 fully saturated rings. The molecule has 0 spiro atoms. The standard InChI is InChI=1S/C17H23NOS.C4H11N.C2H6.C2H4/c1-5-15(20-4)16(19)18-12-17(3,6-2)13-10-8-7-9-11-14(13)18;1-4-5(2)3;2*1-2/h5,7-9,11H,6,10,12H2,1-4H3;4H2,1-3H3;1-2H3;1-2H2/b15-5-;;;. The van der Waals surface area contributed by atoms with E-state index in [0.29, 0.717) is 0 Å². The first-order valence-corrected chi connectivity index (χ1v) is 11.8. The van der Waals surface area contributed by atoms with Gasteiger partial charge in [0.2, 0.25) is 0 Å². The van der Waals surface area contributed by atoms with E-state index < -0.39 is 0 Å². The van der Waals surface area contributed by atoms with Gasteiger partial charge in [0.15, 0.2) is 0 Å². The first-order chi connectivity index (χ1) is 13.8. The molecule has 1 unspecified atom stereocenters. The van der Waals surface area contributed by atoms with Gasteiger partial charge in [-0.05, 0) is 58.3 Å². The molecule has 0 aromatic carbocycles. The lowest BCUT2D eigenvalue weighted by atomic mass is 9.79. The molecule has 4 heteroatoms. The second kappa shape index (κ2) is 16.3. The molecule has 0 radical (unpaired) electrons. The fourth-order valence-corrected chi connectivity index (χ4v) is 3.44. The molecule has 29 heavy (non-hydrogen) atoms. The average molecular weight is 421 g/mol. The molecule has 0 aromatic heterocycles. The Hall–Kier alpha value is -1.52. The molecule has 1 atom stereocenters. The summed E-state index contributed by atoms with van der Waals surface area (Å²) in [7, 11) is 4.11. The number of amides is 1. The molecule has 2 aliphatic rings. The van der Waals surface area contributed by atoms with Gasteiger partial charge < -0.3 is 9.80 Å². The highest BCUT2D eigenvalue weighted by molar-refractivity contribution is 8.03. The zero-order chi connectivity index (χ0) is 23.0. The first kappa shape index (κ1) is 29.7. The molecule has 166 valence electrons. The Bertz CT molecular complexity index is 602. The summed E-state index contributed by atoms with van der Waals surface area (Å²) >= 11 is 1.52. The molecule has 0 saturated heterocycles. The highest BCUT2D eigenvalue weighted by Gasteiger charge is 2.41. The van der Waals surface area contributed by atoms with Crippen LogP contribution in [0.4, 0.5) is 0 Å². The predicted molar refractivity (Wildman–Crippen MR) is 134 cm³/mol. The fourth-order valence-electron chi connectivity index (χ4n) is 2.92. The van der Waals surface area contributed by atoms with Crippen LogP contribution in [0, 0.1) is 5.41 Å². The summed E-state index contributed by atoms with van der Waals surface area (Å²) in [5, 5.41) is 0. The number of carbonyl (C=O) groups is 1. The van der Waals surface area contributed by atoms with Crippen molar-refractivity contribution >= 4 is 17.7 Å². The third kappa shape index (κ3) is 8.79. The molecule has 0 bridgehead atoms. The Morgan fingerprint density at radius 2 is 1.83 bits per heavy atom. The smallest absolute Gasteiger partial charge is 0.264 e. The van der Waals surface area contributed by atoms with Crippen LogP contribution in [-0.4, -0.2) is 49.1 Å². The van der Waals surface area contributed by atoms with Crippen molar-refractivity contribution in [2.75, 3.05) is 33.4 Å². The van der Waals surface area contributed by atoms with E-state index in [1.165, 1.54) is 17.3 Å². The van der Waals surface area contributed by atoms with E-state index in [9.17, 15) is 4.79 Å². The summed E-state index contributed by atoms with van der Waals surface area (Å²) in [4.78, 5) is 17.6. The van der Waals surface area contributed by atoms with Crippen molar-refractivity contribution < 1.29 is 4.79 Å². The lowest BCUT2D eigenvalue weighted by Gasteiger charge is -2.27. The van der Waals surface area contributed by atoms with Gasteiger partial charge in [-0.25, -0.2) is 0 Å². The number of nitrogens with zero attached hydrogens (tertiary/aromatic N) is 2. The molecule has 1 amide bonds. The minimum absolute atomic E-state index is 0.0985. The van der Waals surface area contributed by atoms with Crippen molar-refractivity contribution in [3.8, 4) is 0 Å². The lowest BCUT2D eigenvalue weighted by Crippen LogP contribution is -2.32. The van der Waals surface area contributed by atoms with E-state index in [1.807, 2.05) is 44.1 Å². The van der Waals surface area contributed by atoms with Crippen molar-refractivity contribution in [1.82, 2.24) is 9.80 Å². The van der Waals surface area contributed by atoms with Crippen LogP contribution >= 0.6 is 11.8 Å². The summed E-state index contributed by atoms with van der Waals surface area (Å²) in [6, 6.07) is 0. The molecular formula is C25H44N2OS. The third-order valence-corrected chi connectivity index (χ3v) is 5.86. The molecule has 1 heterocycles. The van der Waals surface area contributed by atoms with Crippen molar-refractivity contribution in [2.24, 2.45) is 5.41 Å². The molecular weight excluding hydrogens is 376 g/mol. The Morgan fingerprint density at radius 3 is 2.24 bits per heavy atom. The number of hydrogen-bond donors (Lipinski definition) is 0. The van der Waals surface area contributed by atoms with Gasteiger partial charge in [0.25, 0.3) is 5.91 Å². The van der Waals surface area contributed by atoms with Crippen LogP contribution in [0.1, 0.15) is 54.4 Å². The zero-order valence-corrected chi connectivity index (χ0v) is 21.2. The van der Waals surface area contributed by atoms with Crippen molar-refractivity contribution in [3.05, 3.63) is 59.7 Å². The van der Waals surface area contributed by atoms with Crippen LogP contribution in [0.3, 0.4) is 0 Å². The van der Waals surface area contributed by atoms with E-state index in [0.717, 1.165) is 36.5 Å². The van der Waals surface area contributed by atoms with Gasteiger partial charge in [-0.1, -0.05) is 58.9 Å². The molecule has 3 nitrogen and oxygen atoms in total. The third-order valence-electron chi connectivity index (χ3n) is 5.01. The Labute approximate surface area is 185 Å². The minimum Gasteiger partial charge on any atom is -0.310 e. The van der Waals surface area contributed by atoms with Crippen LogP contribution in [0.15, 0.2) is 59.7 Å². The molecule has 2 rings (SSSR count). The fraction of sp³-hybridized carbons (Fsp3) is 0.560. The molecule has 0 aromatic rings.